The van der Waals surface area contributed by atoms with Crippen LogP contribution < -0.4 is 5.32 Å². The third kappa shape index (κ3) is 5.16. The highest BCUT2D eigenvalue weighted by Crippen LogP contribution is 2.31. The molecule has 2 saturated heterocycles. The number of rotatable bonds is 6. The van der Waals surface area contributed by atoms with E-state index < -0.39 is 15.8 Å². The highest BCUT2D eigenvalue weighted by Gasteiger charge is 2.27. The number of carboxylic acid groups (broad SMARTS) is 1. The van der Waals surface area contributed by atoms with Crippen LogP contribution in [0, 0.1) is 5.92 Å². The average molecular weight is 447 g/mol. The molecule has 168 valence electrons. The molecule has 2 aliphatic heterocycles. The molecule has 2 fully saturated rings. The van der Waals surface area contributed by atoms with Gasteiger partial charge in [-0.1, -0.05) is 18.2 Å². The number of nitrogens with one attached hydrogen (secondary N) is 1. The first-order valence-corrected chi connectivity index (χ1v) is 12.8. The van der Waals surface area contributed by atoms with Crippen LogP contribution in [0.4, 0.5) is 0 Å². The van der Waals surface area contributed by atoms with Gasteiger partial charge in [0.1, 0.15) is 0 Å². The number of sulfone groups is 1. The molecule has 2 N–H and O–H groups in total. The van der Waals surface area contributed by atoms with Gasteiger partial charge in [-0.25, -0.2) is 8.42 Å². The lowest BCUT2D eigenvalue weighted by Crippen LogP contribution is -2.38. The predicted molar refractivity (Wildman–Crippen MR) is 120 cm³/mol. The molecular formula is C22H30N4O4S. The summed E-state index contributed by atoms with van der Waals surface area (Å²) in [5, 5.41) is 17.7. The Balaban J connectivity index is 1.61. The maximum absolute atomic E-state index is 12.5. The molecule has 2 aliphatic rings. The first-order chi connectivity index (χ1) is 14.8. The molecule has 0 radical (unpaired) electrons. The Morgan fingerprint density at radius 1 is 1.23 bits per heavy atom. The number of benzene rings is 1. The minimum atomic E-state index is -3.48. The number of allylic oxidation sites excluding steroid dienone is 1. The third-order valence-corrected chi connectivity index (χ3v) is 7.26. The van der Waals surface area contributed by atoms with Gasteiger partial charge in [0.15, 0.2) is 14.9 Å². The lowest BCUT2D eigenvalue weighted by Gasteiger charge is -2.31. The number of likely N-dealkylation sites (tertiary alicyclic amines) is 1. The summed E-state index contributed by atoms with van der Waals surface area (Å²) in [5.74, 6) is -0.280. The minimum absolute atomic E-state index is 0.0356. The summed E-state index contributed by atoms with van der Waals surface area (Å²) in [6, 6.07) is 5.96. The summed E-state index contributed by atoms with van der Waals surface area (Å²) in [6.07, 6.45) is 9.23. The van der Waals surface area contributed by atoms with Gasteiger partial charge in [-0.2, -0.15) is 5.10 Å². The molecule has 3 heterocycles. The number of hydrogen-bond donors (Lipinski definition) is 2. The highest BCUT2D eigenvalue weighted by atomic mass is 32.2. The standard InChI is InChI=1S/C22H30N4O4S/c1-31(29,30)22-19-14-17(3-2-16-6-10-23-11-7-16)4-5-20(19)26(24-22)18-8-12-25(13-9-18)15-21(27)28/h2-5,14,16,18,23H,6-13,15H2,1H3,(H,27,28)/b3-2+. The Kier molecular flexibility index (Phi) is 6.45. The Hall–Kier alpha value is -2.23. The second kappa shape index (κ2) is 9.10. The zero-order valence-electron chi connectivity index (χ0n) is 17.8. The molecule has 9 heteroatoms. The molecule has 0 bridgehead atoms. The van der Waals surface area contributed by atoms with Crippen LogP contribution in [0.25, 0.3) is 17.0 Å². The zero-order chi connectivity index (χ0) is 22.0. The number of piperidine rings is 2. The van der Waals surface area contributed by atoms with E-state index in [0.29, 0.717) is 24.4 Å². The minimum Gasteiger partial charge on any atom is -0.480 e. The Bertz CT molecular complexity index is 1080. The van der Waals surface area contributed by atoms with Crippen molar-refractivity contribution in [3.8, 4) is 0 Å². The third-order valence-electron chi connectivity index (χ3n) is 6.25. The first kappa shape index (κ1) is 22.0. The highest BCUT2D eigenvalue weighted by molar-refractivity contribution is 7.90. The van der Waals surface area contributed by atoms with Crippen LogP contribution in [0.5, 0.6) is 0 Å². The van der Waals surface area contributed by atoms with Crippen LogP contribution in [0.2, 0.25) is 0 Å². The molecule has 0 unspecified atom stereocenters. The number of fused-ring (bicyclic) bond motifs is 1. The van der Waals surface area contributed by atoms with Gasteiger partial charge in [-0.3, -0.25) is 14.4 Å². The largest absolute Gasteiger partial charge is 0.480 e. The number of carboxylic acids is 1. The second-order valence-corrected chi connectivity index (χ2v) is 10.6. The van der Waals surface area contributed by atoms with Crippen molar-refractivity contribution in [2.24, 2.45) is 5.92 Å². The number of aromatic nitrogens is 2. The van der Waals surface area contributed by atoms with E-state index in [9.17, 15) is 13.2 Å². The van der Waals surface area contributed by atoms with Crippen molar-refractivity contribution < 1.29 is 18.3 Å². The molecular weight excluding hydrogens is 416 g/mol. The van der Waals surface area contributed by atoms with Gasteiger partial charge in [0.25, 0.3) is 0 Å². The van der Waals surface area contributed by atoms with Gasteiger partial charge in [-0.15, -0.1) is 0 Å². The number of hydrogen-bond acceptors (Lipinski definition) is 6. The van der Waals surface area contributed by atoms with E-state index in [4.69, 9.17) is 5.11 Å². The van der Waals surface area contributed by atoms with Crippen molar-refractivity contribution >= 4 is 32.8 Å². The number of aliphatic carboxylic acids is 1. The van der Waals surface area contributed by atoms with Gasteiger partial charge in [0, 0.05) is 24.7 Å². The second-order valence-electron chi connectivity index (χ2n) is 8.65. The van der Waals surface area contributed by atoms with E-state index in [-0.39, 0.29) is 17.6 Å². The Labute approximate surface area is 182 Å². The van der Waals surface area contributed by atoms with Crippen molar-refractivity contribution in [1.82, 2.24) is 20.0 Å². The quantitative estimate of drug-likeness (QED) is 0.701. The Morgan fingerprint density at radius 3 is 2.58 bits per heavy atom. The fraction of sp³-hybridized carbons (Fsp3) is 0.545. The van der Waals surface area contributed by atoms with E-state index in [1.807, 2.05) is 27.8 Å². The smallest absolute Gasteiger partial charge is 0.317 e. The van der Waals surface area contributed by atoms with Gasteiger partial charge in [0.2, 0.25) is 0 Å². The summed E-state index contributed by atoms with van der Waals surface area (Å²) in [7, 11) is -3.48. The van der Waals surface area contributed by atoms with Crippen LogP contribution in [-0.2, 0) is 14.6 Å². The molecule has 0 aliphatic carbocycles. The fourth-order valence-electron chi connectivity index (χ4n) is 4.58. The van der Waals surface area contributed by atoms with Crippen LogP contribution in [0.1, 0.15) is 37.3 Å². The molecule has 0 amide bonds. The number of carbonyl (C=O) groups is 1. The normalized spacial score (nSPS) is 20.0. The summed E-state index contributed by atoms with van der Waals surface area (Å²) in [6.45, 7) is 3.41. The lowest BCUT2D eigenvalue weighted by atomic mass is 9.97. The maximum Gasteiger partial charge on any atom is 0.317 e. The molecule has 0 atom stereocenters. The SMILES string of the molecule is CS(=O)(=O)c1nn(C2CCN(CC(=O)O)CC2)c2ccc(/C=C/C3CCNCC3)cc12. The summed E-state index contributed by atoms with van der Waals surface area (Å²) in [5.41, 5.74) is 1.79. The van der Waals surface area contributed by atoms with E-state index in [0.717, 1.165) is 49.9 Å². The van der Waals surface area contributed by atoms with Gasteiger partial charge < -0.3 is 10.4 Å². The van der Waals surface area contributed by atoms with Gasteiger partial charge in [-0.05, 0) is 62.4 Å². The van der Waals surface area contributed by atoms with E-state index in [1.165, 1.54) is 6.26 Å². The van der Waals surface area contributed by atoms with E-state index in [2.05, 4.69) is 22.6 Å². The zero-order valence-corrected chi connectivity index (χ0v) is 18.6. The van der Waals surface area contributed by atoms with Crippen LogP contribution in [-0.4, -0.2) is 73.2 Å². The summed E-state index contributed by atoms with van der Waals surface area (Å²) < 4.78 is 26.8. The fourth-order valence-corrected chi connectivity index (χ4v) is 5.38. The molecule has 8 nitrogen and oxygen atoms in total. The Morgan fingerprint density at radius 2 is 1.94 bits per heavy atom. The van der Waals surface area contributed by atoms with Gasteiger partial charge >= 0.3 is 5.97 Å². The van der Waals surface area contributed by atoms with Crippen molar-refractivity contribution in [2.75, 3.05) is 39.0 Å². The van der Waals surface area contributed by atoms with Crippen LogP contribution in [0.3, 0.4) is 0 Å². The van der Waals surface area contributed by atoms with Crippen molar-refractivity contribution in [1.29, 1.82) is 0 Å². The van der Waals surface area contributed by atoms with E-state index in [1.54, 1.807) is 0 Å². The molecule has 2 aromatic rings. The van der Waals surface area contributed by atoms with Crippen LogP contribution >= 0.6 is 0 Å². The lowest BCUT2D eigenvalue weighted by molar-refractivity contribution is -0.138. The van der Waals surface area contributed by atoms with Crippen molar-refractivity contribution in [3.63, 3.8) is 0 Å². The molecule has 0 spiro atoms. The van der Waals surface area contributed by atoms with Crippen LogP contribution in [0.15, 0.2) is 29.3 Å². The summed E-state index contributed by atoms with van der Waals surface area (Å²) >= 11 is 0. The van der Waals surface area contributed by atoms with Crippen molar-refractivity contribution in [2.45, 2.75) is 36.8 Å². The van der Waals surface area contributed by atoms with Crippen molar-refractivity contribution in [3.05, 3.63) is 29.8 Å². The predicted octanol–water partition coefficient (Wildman–Crippen LogP) is 2.17. The molecule has 0 saturated carbocycles. The molecule has 1 aromatic heterocycles. The summed E-state index contributed by atoms with van der Waals surface area (Å²) in [4.78, 5) is 12.9. The number of nitrogens with zero attached hydrogens (tertiary/aromatic N) is 3. The average Bonchev–Trinajstić information content (AvgIpc) is 3.12. The molecule has 4 rings (SSSR count). The first-order valence-electron chi connectivity index (χ1n) is 10.9. The molecule has 1 aromatic carbocycles. The van der Waals surface area contributed by atoms with Gasteiger partial charge in [0.05, 0.1) is 18.1 Å². The molecule has 31 heavy (non-hydrogen) atoms. The monoisotopic (exact) mass is 446 g/mol. The maximum atomic E-state index is 12.5. The van der Waals surface area contributed by atoms with E-state index >= 15 is 0 Å². The topological polar surface area (TPSA) is 105 Å².